The SMILES string of the molecule is CC12C(=CCC3C1CCC1(C)C3CC[C@]1(O)C(=O)CO)CC(O)CC2O. The Morgan fingerprint density at radius 3 is 2.58 bits per heavy atom. The lowest BCUT2D eigenvalue weighted by atomic mass is 9.46. The van der Waals surface area contributed by atoms with Crippen molar-refractivity contribution in [2.24, 2.45) is 28.6 Å². The standard InChI is InChI=1S/C21H32O5/c1-19-7-5-16-14(15(19)6-8-21(19,26)18(25)11-22)4-3-12-9-13(23)10-17(24)20(12,16)2/h3,13-17,22-24,26H,4-11H2,1-2H3/t13?,14?,15?,16?,17?,19?,20?,21-/m0/s1. The molecule has 0 aromatic carbocycles. The van der Waals surface area contributed by atoms with Gasteiger partial charge in [0.1, 0.15) is 12.2 Å². The summed E-state index contributed by atoms with van der Waals surface area (Å²) in [5.74, 6) is 0.415. The van der Waals surface area contributed by atoms with E-state index in [9.17, 15) is 25.2 Å². The summed E-state index contributed by atoms with van der Waals surface area (Å²) < 4.78 is 0. The van der Waals surface area contributed by atoms with Crippen molar-refractivity contribution in [3.05, 3.63) is 11.6 Å². The fourth-order valence-corrected chi connectivity index (χ4v) is 7.31. The molecule has 3 fully saturated rings. The molecule has 0 radical (unpaired) electrons. The third-order valence-corrected chi connectivity index (χ3v) is 8.94. The smallest absolute Gasteiger partial charge is 0.190 e. The van der Waals surface area contributed by atoms with Gasteiger partial charge in [-0.05, 0) is 56.3 Å². The van der Waals surface area contributed by atoms with Gasteiger partial charge in [0.25, 0.3) is 0 Å². The first-order chi connectivity index (χ1) is 12.2. The summed E-state index contributed by atoms with van der Waals surface area (Å²) in [5, 5.41) is 41.5. The minimum atomic E-state index is -1.43. The van der Waals surface area contributed by atoms with Crippen LogP contribution in [0.15, 0.2) is 11.6 Å². The maximum absolute atomic E-state index is 12.4. The van der Waals surface area contributed by atoms with E-state index in [1.54, 1.807) is 0 Å². The van der Waals surface area contributed by atoms with Gasteiger partial charge in [0, 0.05) is 17.3 Å². The van der Waals surface area contributed by atoms with E-state index in [0.717, 1.165) is 25.7 Å². The summed E-state index contributed by atoms with van der Waals surface area (Å²) in [6, 6.07) is 0. The van der Waals surface area contributed by atoms with Crippen LogP contribution in [-0.2, 0) is 4.79 Å². The van der Waals surface area contributed by atoms with Crippen molar-refractivity contribution in [2.75, 3.05) is 6.61 Å². The van der Waals surface area contributed by atoms with Gasteiger partial charge in [0.2, 0.25) is 0 Å². The lowest BCUT2D eigenvalue weighted by Gasteiger charge is -2.59. The number of ketones is 1. The number of allylic oxidation sites excluding steroid dienone is 1. The molecule has 5 heteroatoms. The lowest BCUT2D eigenvalue weighted by molar-refractivity contribution is -0.167. The molecule has 0 heterocycles. The van der Waals surface area contributed by atoms with E-state index in [-0.39, 0.29) is 11.3 Å². The number of aliphatic hydroxyl groups is 4. The van der Waals surface area contributed by atoms with E-state index < -0.39 is 35.6 Å². The van der Waals surface area contributed by atoms with E-state index in [1.165, 1.54) is 5.57 Å². The first-order valence-electron chi connectivity index (χ1n) is 10.1. The molecule has 0 spiro atoms. The van der Waals surface area contributed by atoms with Crippen molar-refractivity contribution in [3.8, 4) is 0 Å². The third kappa shape index (κ3) is 2.15. The number of aliphatic hydroxyl groups excluding tert-OH is 3. The molecule has 5 nitrogen and oxygen atoms in total. The van der Waals surface area contributed by atoms with Gasteiger partial charge in [0.05, 0.1) is 12.2 Å². The van der Waals surface area contributed by atoms with Crippen molar-refractivity contribution in [2.45, 2.75) is 76.6 Å². The van der Waals surface area contributed by atoms with Gasteiger partial charge in [-0.25, -0.2) is 0 Å². The van der Waals surface area contributed by atoms with Crippen molar-refractivity contribution in [3.63, 3.8) is 0 Å². The molecular formula is C21H32O5. The Balaban J connectivity index is 1.70. The van der Waals surface area contributed by atoms with Crippen LogP contribution in [0.5, 0.6) is 0 Å². The van der Waals surface area contributed by atoms with Crippen LogP contribution in [0.1, 0.15) is 58.8 Å². The molecule has 7 unspecified atom stereocenters. The highest BCUT2D eigenvalue weighted by Gasteiger charge is 2.66. The van der Waals surface area contributed by atoms with Gasteiger partial charge in [-0.2, -0.15) is 0 Å². The highest BCUT2D eigenvalue weighted by molar-refractivity contribution is 5.89. The van der Waals surface area contributed by atoms with Gasteiger partial charge in [-0.15, -0.1) is 0 Å². The minimum absolute atomic E-state index is 0.218. The highest BCUT2D eigenvalue weighted by atomic mass is 16.3. The highest BCUT2D eigenvalue weighted by Crippen LogP contribution is 2.67. The Morgan fingerprint density at radius 2 is 1.88 bits per heavy atom. The Hall–Kier alpha value is -0.750. The van der Waals surface area contributed by atoms with Crippen LogP contribution in [0.4, 0.5) is 0 Å². The molecule has 0 aliphatic heterocycles. The molecule has 0 bridgehead atoms. The summed E-state index contributed by atoms with van der Waals surface area (Å²) in [4.78, 5) is 12.4. The monoisotopic (exact) mass is 364 g/mol. The number of hydrogen-bond acceptors (Lipinski definition) is 5. The normalized spacial score (nSPS) is 53.3. The topological polar surface area (TPSA) is 98.0 Å². The zero-order valence-electron chi connectivity index (χ0n) is 15.8. The summed E-state index contributed by atoms with van der Waals surface area (Å²) in [5.41, 5.74) is -1.06. The van der Waals surface area contributed by atoms with E-state index in [1.807, 2.05) is 6.92 Å². The predicted octanol–water partition coefficient (Wildman–Crippen LogP) is 1.57. The van der Waals surface area contributed by atoms with Gasteiger partial charge >= 0.3 is 0 Å². The molecule has 4 aliphatic rings. The second-order valence-electron chi connectivity index (χ2n) is 9.67. The molecule has 8 atom stereocenters. The Kier molecular flexibility index (Phi) is 4.20. The van der Waals surface area contributed by atoms with E-state index >= 15 is 0 Å². The molecule has 3 saturated carbocycles. The fourth-order valence-electron chi connectivity index (χ4n) is 7.31. The van der Waals surface area contributed by atoms with Crippen molar-refractivity contribution in [1.82, 2.24) is 0 Å². The van der Waals surface area contributed by atoms with E-state index in [2.05, 4.69) is 13.0 Å². The van der Waals surface area contributed by atoms with Gasteiger partial charge in [-0.3, -0.25) is 4.79 Å². The van der Waals surface area contributed by atoms with Crippen molar-refractivity contribution >= 4 is 5.78 Å². The number of Topliss-reactive ketones (excluding diaryl/α,β-unsaturated/α-hetero) is 1. The average molecular weight is 364 g/mol. The number of fused-ring (bicyclic) bond motifs is 5. The van der Waals surface area contributed by atoms with Crippen LogP contribution in [0.2, 0.25) is 0 Å². The number of rotatable bonds is 2. The Labute approximate surface area is 155 Å². The van der Waals surface area contributed by atoms with Crippen molar-refractivity contribution < 1.29 is 25.2 Å². The van der Waals surface area contributed by atoms with Gasteiger partial charge in [0.15, 0.2) is 5.78 Å². The molecule has 4 N–H and O–H groups in total. The number of carbonyl (C=O) groups is 1. The van der Waals surface area contributed by atoms with Crippen LogP contribution < -0.4 is 0 Å². The number of carbonyl (C=O) groups excluding carboxylic acids is 1. The van der Waals surface area contributed by atoms with Crippen LogP contribution in [0.25, 0.3) is 0 Å². The zero-order chi connectivity index (χ0) is 18.9. The predicted molar refractivity (Wildman–Crippen MR) is 96.1 cm³/mol. The first kappa shape index (κ1) is 18.6. The van der Waals surface area contributed by atoms with Crippen LogP contribution in [-0.4, -0.2) is 50.6 Å². The second kappa shape index (κ2) is 5.87. The maximum atomic E-state index is 12.4. The molecule has 0 saturated heterocycles. The largest absolute Gasteiger partial charge is 0.393 e. The van der Waals surface area contributed by atoms with Crippen LogP contribution >= 0.6 is 0 Å². The average Bonchev–Trinajstić information content (AvgIpc) is 2.88. The van der Waals surface area contributed by atoms with Crippen LogP contribution in [0, 0.1) is 28.6 Å². The summed E-state index contributed by atoms with van der Waals surface area (Å²) in [6.07, 6.45) is 5.96. The van der Waals surface area contributed by atoms with E-state index in [4.69, 9.17) is 0 Å². The fraction of sp³-hybridized carbons (Fsp3) is 0.857. The van der Waals surface area contributed by atoms with Crippen LogP contribution in [0.3, 0.4) is 0 Å². The lowest BCUT2D eigenvalue weighted by Crippen LogP contribution is -2.59. The molecule has 4 rings (SSSR count). The third-order valence-electron chi connectivity index (χ3n) is 8.94. The summed E-state index contributed by atoms with van der Waals surface area (Å²) >= 11 is 0. The van der Waals surface area contributed by atoms with Gasteiger partial charge in [-0.1, -0.05) is 25.5 Å². The quantitative estimate of drug-likeness (QED) is 0.558. The molecule has 4 aliphatic carbocycles. The van der Waals surface area contributed by atoms with E-state index in [0.29, 0.717) is 31.1 Å². The second-order valence-corrected chi connectivity index (χ2v) is 9.67. The Bertz CT molecular complexity index is 644. The minimum Gasteiger partial charge on any atom is -0.393 e. The molecule has 0 amide bonds. The summed E-state index contributed by atoms with van der Waals surface area (Å²) in [6.45, 7) is 3.57. The maximum Gasteiger partial charge on any atom is 0.190 e. The molecule has 0 aromatic rings. The zero-order valence-corrected chi connectivity index (χ0v) is 15.8. The van der Waals surface area contributed by atoms with Gasteiger partial charge < -0.3 is 20.4 Å². The first-order valence-corrected chi connectivity index (χ1v) is 10.1. The molecule has 26 heavy (non-hydrogen) atoms. The molecule has 0 aromatic heterocycles. The molecular weight excluding hydrogens is 332 g/mol. The van der Waals surface area contributed by atoms with Crippen molar-refractivity contribution in [1.29, 1.82) is 0 Å². The molecule has 146 valence electrons. The Morgan fingerprint density at radius 1 is 1.19 bits per heavy atom. The number of hydrogen-bond donors (Lipinski definition) is 4. The summed E-state index contributed by atoms with van der Waals surface area (Å²) in [7, 11) is 0.